The van der Waals surface area contributed by atoms with Crippen LogP contribution in [0.25, 0.3) is 5.76 Å². The van der Waals surface area contributed by atoms with Gasteiger partial charge in [-0.1, -0.05) is 35.9 Å². The number of carbonyl (C=O) groups excluding carboxylic acids is 2. The second-order valence-electron chi connectivity index (χ2n) is 9.08. The average Bonchev–Trinajstić information content (AvgIpc) is 3.13. The van der Waals surface area contributed by atoms with Crippen LogP contribution in [0.15, 0.2) is 72.3 Å². The Hall–Kier alpha value is -4.27. The van der Waals surface area contributed by atoms with E-state index in [0.717, 1.165) is 22.6 Å². The van der Waals surface area contributed by atoms with Crippen LogP contribution in [0.5, 0.6) is 5.75 Å². The Bertz CT molecular complexity index is 1450. The quantitative estimate of drug-likeness (QED) is 0.289. The molecule has 1 amide bonds. The van der Waals surface area contributed by atoms with Crippen LogP contribution in [-0.2, 0) is 15.8 Å². The Labute approximate surface area is 211 Å². The van der Waals surface area contributed by atoms with Crippen molar-refractivity contribution in [1.82, 2.24) is 0 Å². The second-order valence-corrected chi connectivity index (χ2v) is 9.08. The second kappa shape index (κ2) is 8.99. The summed E-state index contributed by atoms with van der Waals surface area (Å²) in [7, 11) is 1.87. The number of aryl methyl sites for hydroxylation is 1. The molecule has 1 unspecified atom stereocenters. The number of likely N-dealkylation sites (N-methyl/N-ethyl adjacent to an activating group) is 1. The molecule has 6 nitrogen and oxygen atoms in total. The molecule has 2 aliphatic heterocycles. The maximum Gasteiger partial charge on any atom is 0.416 e. The normalized spacial score (nSPS) is 19.1. The molecule has 1 saturated heterocycles. The molecule has 2 heterocycles. The highest BCUT2D eigenvalue weighted by Crippen LogP contribution is 2.44. The fraction of sp³-hybridized carbons (Fsp3) is 0.214. The van der Waals surface area contributed by atoms with E-state index < -0.39 is 35.2 Å². The van der Waals surface area contributed by atoms with Crippen LogP contribution in [0.1, 0.15) is 28.3 Å². The number of Topliss-reactive ketones (excluding diaryl/α,β-unsaturated/α-hetero) is 1. The number of alkyl halides is 3. The first-order valence-electron chi connectivity index (χ1n) is 11.6. The number of nitrogens with zero attached hydrogens (tertiary/aromatic N) is 2. The van der Waals surface area contributed by atoms with Crippen molar-refractivity contribution in [3.63, 3.8) is 0 Å². The van der Waals surface area contributed by atoms with E-state index in [9.17, 15) is 27.9 Å². The van der Waals surface area contributed by atoms with Crippen molar-refractivity contribution in [1.29, 1.82) is 0 Å². The van der Waals surface area contributed by atoms with Crippen LogP contribution in [0, 0.1) is 6.92 Å². The van der Waals surface area contributed by atoms with Crippen LogP contribution < -0.4 is 14.5 Å². The SMILES string of the molecule is Cc1cccc(C2/C(=C(/O)c3ccc4c(c3)N(C)CCO4)C(=O)C(=O)N2c2cccc(C(F)(F)F)c2)c1. The smallest absolute Gasteiger partial charge is 0.416 e. The molecule has 5 rings (SSSR count). The van der Waals surface area contributed by atoms with E-state index in [4.69, 9.17) is 4.74 Å². The molecule has 0 saturated carbocycles. The number of rotatable bonds is 3. The summed E-state index contributed by atoms with van der Waals surface area (Å²) in [4.78, 5) is 29.6. The van der Waals surface area contributed by atoms with Gasteiger partial charge < -0.3 is 14.7 Å². The fourth-order valence-electron chi connectivity index (χ4n) is 4.74. The van der Waals surface area contributed by atoms with Crippen molar-refractivity contribution in [3.05, 3.63) is 94.6 Å². The lowest BCUT2D eigenvalue weighted by Crippen LogP contribution is -2.29. The molecule has 1 atom stereocenters. The first kappa shape index (κ1) is 24.4. The maximum atomic E-state index is 13.5. The Morgan fingerprint density at radius 2 is 1.78 bits per heavy atom. The molecule has 0 aromatic heterocycles. The Morgan fingerprint density at radius 3 is 2.51 bits per heavy atom. The van der Waals surface area contributed by atoms with Crippen LogP contribution in [0.4, 0.5) is 24.5 Å². The van der Waals surface area contributed by atoms with Crippen molar-refractivity contribution in [2.75, 3.05) is 30.0 Å². The summed E-state index contributed by atoms with van der Waals surface area (Å²) in [5.41, 5.74) is 1.04. The van der Waals surface area contributed by atoms with E-state index >= 15 is 0 Å². The number of ketones is 1. The van der Waals surface area contributed by atoms with Gasteiger partial charge in [-0.15, -0.1) is 0 Å². The van der Waals surface area contributed by atoms with Crippen LogP contribution >= 0.6 is 0 Å². The number of benzene rings is 3. The van der Waals surface area contributed by atoms with Gasteiger partial charge in [0.15, 0.2) is 0 Å². The predicted octanol–water partition coefficient (Wildman–Crippen LogP) is 5.47. The first-order chi connectivity index (χ1) is 17.6. The van der Waals surface area contributed by atoms with Gasteiger partial charge in [-0.05, 0) is 48.9 Å². The number of anilines is 2. The number of hydrogen-bond donors (Lipinski definition) is 1. The number of halogens is 3. The van der Waals surface area contributed by atoms with E-state index in [0.29, 0.717) is 30.2 Å². The van der Waals surface area contributed by atoms with Crippen molar-refractivity contribution < 1.29 is 32.6 Å². The zero-order valence-corrected chi connectivity index (χ0v) is 20.0. The monoisotopic (exact) mass is 508 g/mol. The molecule has 3 aromatic rings. The van der Waals surface area contributed by atoms with E-state index in [-0.39, 0.29) is 16.8 Å². The standard InChI is InChI=1S/C28H23F3N2O4/c1-16-5-3-6-17(13-16)24-23(25(34)18-9-10-22-21(14-18)32(2)11-12-37-22)26(35)27(36)33(24)20-8-4-7-19(15-20)28(29,30)31/h3-10,13-15,24,34H,11-12H2,1-2H3/b25-23-. The molecule has 1 fully saturated rings. The van der Waals surface area contributed by atoms with Gasteiger partial charge in [-0.3, -0.25) is 14.5 Å². The summed E-state index contributed by atoms with van der Waals surface area (Å²) in [5.74, 6) is -1.81. The molecular formula is C28H23F3N2O4. The Morgan fingerprint density at radius 1 is 1.03 bits per heavy atom. The number of aliphatic hydroxyl groups excluding tert-OH is 1. The number of hydrogen-bond acceptors (Lipinski definition) is 5. The number of carbonyl (C=O) groups is 2. The van der Waals surface area contributed by atoms with Crippen molar-refractivity contribution in [2.24, 2.45) is 0 Å². The lowest BCUT2D eigenvalue weighted by molar-refractivity contribution is -0.137. The average molecular weight is 508 g/mol. The summed E-state index contributed by atoms with van der Waals surface area (Å²) < 4.78 is 46.0. The third-order valence-electron chi connectivity index (χ3n) is 6.58. The lowest BCUT2D eigenvalue weighted by Gasteiger charge is -2.28. The van der Waals surface area contributed by atoms with E-state index in [1.807, 2.05) is 24.9 Å². The minimum absolute atomic E-state index is 0.0962. The summed E-state index contributed by atoms with van der Waals surface area (Å²) in [6.07, 6.45) is -4.64. The summed E-state index contributed by atoms with van der Waals surface area (Å²) in [6, 6.07) is 15.0. The van der Waals surface area contributed by atoms with Gasteiger partial charge in [0, 0.05) is 18.3 Å². The molecule has 0 spiro atoms. The van der Waals surface area contributed by atoms with Gasteiger partial charge in [-0.2, -0.15) is 13.2 Å². The highest BCUT2D eigenvalue weighted by Gasteiger charge is 2.47. The van der Waals surface area contributed by atoms with Crippen molar-refractivity contribution >= 4 is 28.8 Å². The van der Waals surface area contributed by atoms with Crippen LogP contribution in [0.3, 0.4) is 0 Å². The van der Waals surface area contributed by atoms with Gasteiger partial charge in [0.05, 0.1) is 29.4 Å². The minimum atomic E-state index is -4.64. The molecule has 2 aliphatic rings. The molecule has 190 valence electrons. The highest BCUT2D eigenvalue weighted by molar-refractivity contribution is 6.51. The zero-order valence-electron chi connectivity index (χ0n) is 20.0. The summed E-state index contributed by atoms with van der Waals surface area (Å²) in [5, 5.41) is 11.4. The molecule has 0 radical (unpaired) electrons. The lowest BCUT2D eigenvalue weighted by atomic mass is 9.94. The van der Waals surface area contributed by atoms with Gasteiger partial charge in [0.2, 0.25) is 0 Å². The van der Waals surface area contributed by atoms with Gasteiger partial charge in [0.1, 0.15) is 18.1 Å². The van der Waals surface area contributed by atoms with Crippen LogP contribution in [0.2, 0.25) is 0 Å². The largest absolute Gasteiger partial charge is 0.507 e. The molecule has 0 bridgehead atoms. The van der Waals surface area contributed by atoms with E-state index in [1.54, 1.807) is 36.4 Å². The third kappa shape index (κ3) is 4.30. The molecule has 3 aromatic carbocycles. The number of ether oxygens (including phenoxy) is 1. The number of amides is 1. The summed E-state index contributed by atoms with van der Waals surface area (Å²) >= 11 is 0. The predicted molar refractivity (Wildman–Crippen MR) is 133 cm³/mol. The van der Waals surface area contributed by atoms with E-state index in [2.05, 4.69) is 0 Å². The fourth-order valence-corrected chi connectivity index (χ4v) is 4.74. The van der Waals surface area contributed by atoms with Crippen molar-refractivity contribution in [3.8, 4) is 5.75 Å². The van der Waals surface area contributed by atoms with Gasteiger partial charge in [0.25, 0.3) is 11.7 Å². The molecule has 37 heavy (non-hydrogen) atoms. The topological polar surface area (TPSA) is 70.1 Å². The number of fused-ring (bicyclic) bond motifs is 1. The molecule has 9 heteroatoms. The third-order valence-corrected chi connectivity index (χ3v) is 6.58. The first-order valence-corrected chi connectivity index (χ1v) is 11.6. The molecule has 0 aliphatic carbocycles. The minimum Gasteiger partial charge on any atom is -0.507 e. The van der Waals surface area contributed by atoms with Gasteiger partial charge in [-0.25, -0.2) is 0 Å². The van der Waals surface area contributed by atoms with Crippen molar-refractivity contribution in [2.45, 2.75) is 19.1 Å². The summed E-state index contributed by atoms with van der Waals surface area (Å²) in [6.45, 7) is 2.95. The Balaban J connectivity index is 1.71. The number of aliphatic hydroxyl groups is 1. The molecule has 1 N–H and O–H groups in total. The highest BCUT2D eigenvalue weighted by atomic mass is 19.4. The Kier molecular flexibility index (Phi) is 5.94. The van der Waals surface area contributed by atoms with Crippen LogP contribution in [-0.4, -0.2) is 37.0 Å². The molecular weight excluding hydrogens is 485 g/mol. The zero-order chi connectivity index (χ0) is 26.5. The van der Waals surface area contributed by atoms with Gasteiger partial charge >= 0.3 is 6.18 Å². The van der Waals surface area contributed by atoms with E-state index in [1.165, 1.54) is 12.1 Å². The maximum absolute atomic E-state index is 13.5.